The molecule has 3 rings (SSSR count). The Morgan fingerprint density at radius 1 is 1.32 bits per heavy atom. The molecule has 0 unspecified atom stereocenters. The van der Waals surface area contributed by atoms with E-state index in [0.717, 1.165) is 31.2 Å². The van der Waals surface area contributed by atoms with Crippen LogP contribution in [0, 0.1) is 17.8 Å². The molecule has 2 saturated carbocycles. The molecule has 134 valence electrons. The molecule has 7 heteroatoms. The van der Waals surface area contributed by atoms with Crippen LogP contribution in [0.1, 0.15) is 52.0 Å². The number of ether oxygens (including phenoxy) is 1. The Kier molecular flexibility index (Phi) is 5.05. The van der Waals surface area contributed by atoms with Crippen molar-refractivity contribution in [3.8, 4) is 11.8 Å². The number of amides is 1. The molecule has 0 atom stereocenters. The lowest BCUT2D eigenvalue weighted by molar-refractivity contribution is 0.0467. The number of nitrogens with zero attached hydrogens (tertiary/aromatic N) is 2. The minimum atomic E-state index is -0.480. The number of nitrogens with one attached hydrogen (secondary N) is 2. The molecule has 2 fully saturated rings. The minimum Gasteiger partial charge on any atom is -0.444 e. The summed E-state index contributed by atoms with van der Waals surface area (Å²) >= 11 is 5.87. The Bertz CT molecular complexity index is 710. The van der Waals surface area contributed by atoms with Crippen molar-refractivity contribution < 1.29 is 9.53 Å². The lowest BCUT2D eigenvalue weighted by Crippen LogP contribution is -2.45. The number of aromatic nitrogens is 2. The largest absolute Gasteiger partial charge is 0.444 e. The van der Waals surface area contributed by atoms with E-state index in [1.165, 1.54) is 0 Å². The van der Waals surface area contributed by atoms with Crippen molar-refractivity contribution in [3.05, 3.63) is 17.0 Å². The fourth-order valence-corrected chi connectivity index (χ4v) is 2.62. The highest BCUT2D eigenvalue weighted by Gasteiger charge is 2.30. The van der Waals surface area contributed by atoms with Gasteiger partial charge in [-0.25, -0.2) is 9.78 Å². The van der Waals surface area contributed by atoms with Crippen LogP contribution in [0.2, 0.25) is 5.28 Å². The third-order valence-electron chi connectivity index (χ3n) is 3.95. The van der Waals surface area contributed by atoms with Gasteiger partial charge in [0.15, 0.2) is 0 Å². The number of anilines is 1. The lowest BCUT2D eigenvalue weighted by Gasteiger charge is -2.33. The summed E-state index contributed by atoms with van der Waals surface area (Å²) in [7, 11) is 0. The summed E-state index contributed by atoms with van der Waals surface area (Å²) in [5.74, 6) is 7.34. The molecule has 2 aliphatic rings. The Morgan fingerprint density at radius 2 is 2.04 bits per heavy atom. The van der Waals surface area contributed by atoms with Crippen molar-refractivity contribution in [3.63, 3.8) is 0 Å². The van der Waals surface area contributed by atoms with Gasteiger partial charge in [-0.1, -0.05) is 11.8 Å². The fraction of sp³-hybridized carbons (Fsp3) is 0.611. The van der Waals surface area contributed by atoms with Crippen LogP contribution in [0.25, 0.3) is 0 Å². The molecule has 1 heterocycles. The van der Waals surface area contributed by atoms with Crippen LogP contribution in [0.15, 0.2) is 6.20 Å². The monoisotopic (exact) mass is 362 g/mol. The first-order valence-electron chi connectivity index (χ1n) is 8.58. The van der Waals surface area contributed by atoms with Crippen molar-refractivity contribution in [2.24, 2.45) is 5.92 Å². The number of alkyl carbamates (subject to hydrolysis) is 1. The molecule has 1 amide bonds. The minimum absolute atomic E-state index is 0.125. The van der Waals surface area contributed by atoms with Gasteiger partial charge in [0, 0.05) is 24.2 Å². The first kappa shape index (κ1) is 17.8. The molecule has 0 spiro atoms. The van der Waals surface area contributed by atoms with Crippen LogP contribution in [0.4, 0.5) is 10.6 Å². The molecule has 2 aliphatic carbocycles. The number of hydrogen-bond acceptors (Lipinski definition) is 5. The summed E-state index contributed by atoms with van der Waals surface area (Å²) in [4.78, 5) is 20.0. The van der Waals surface area contributed by atoms with Crippen LogP contribution in [0.3, 0.4) is 0 Å². The van der Waals surface area contributed by atoms with Crippen LogP contribution in [-0.2, 0) is 4.74 Å². The Labute approximate surface area is 153 Å². The van der Waals surface area contributed by atoms with Gasteiger partial charge >= 0.3 is 6.09 Å². The summed E-state index contributed by atoms with van der Waals surface area (Å²) in [6.07, 6.45) is 5.23. The van der Waals surface area contributed by atoms with Gasteiger partial charge in [-0.2, -0.15) is 4.98 Å². The van der Waals surface area contributed by atoms with Crippen LogP contribution < -0.4 is 10.6 Å². The highest BCUT2D eigenvalue weighted by atomic mass is 35.5. The van der Waals surface area contributed by atoms with E-state index in [2.05, 4.69) is 32.4 Å². The third-order valence-corrected chi connectivity index (χ3v) is 4.13. The zero-order valence-corrected chi connectivity index (χ0v) is 15.5. The fourth-order valence-electron chi connectivity index (χ4n) is 2.49. The molecule has 0 radical (unpaired) electrons. The average molecular weight is 363 g/mol. The zero-order valence-electron chi connectivity index (χ0n) is 14.7. The number of carbonyl (C=O) groups is 1. The van der Waals surface area contributed by atoms with Crippen LogP contribution >= 0.6 is 11.6 Å². The lowest BCUT2D eigenvalue weighted by atomic mass is 9.81. The number of carbonyl (C=O) groups excluding carboxylic acids is 1. The number of halogens is 1. The van der Waals surface area contributed by atoms with E-state index in [9.17, 15) is 4.79 Å². The van der Waals surface area contributed by atoms with E-state index in [4.69, 9.17) is 16.3 Å². The molecule has 1 aromatic rings. The molecule has 25 heavy (non-hydrogen) atoms. The third kappa shape index (κ3) is 5.50. The Hall–Kier alpha value is -2.00. The number of rotatable bonds is 3. The van der Waals surface area contributed by atoms with Crippen molar-refractivity contribution in [2.75, 3.05) is 5.32 Å². The van der Waals surface area contributed by atoms with E-state index >= 15 is 0 Å². The molecule has 0 aliphatic heterocycles. The van der Waals surface area contributed by atoms with Gasteiger partial charge < -0.3 is 15.4 Å². The van der Waals surface area contributed by atoms with E-state index in [1.807, 2.05) is 20.8 Å². The molecule has 6 nitrogen and oxygen atoms in total. The summed E-state index contributed by atoms with van der Waals surface area (Å²) in [6, 6.07) is 0.595. The maximum atomic E-state index is 11.7. The zero-order chi connectivity index (χ0) is 18.0. The van der Waals surface area contributed by atoms with Gasteiger partial charge in [0.25, 0.3) is 0 Å². The molecule has 0 aromatic carbocycles. The predicted molar refractivity (Wildman–Crippen MR) is 96.4 cm³/mol. The first-order chi connectivity index (χ1) is 11.8. The second-order valence-electron chi connectivity index (χ2n) is 7.60. The number of hydrogen-bond donors (Lipinski definition) is 2. The summed E-state index contributed by atoms with van der Waals surface area (Å²) < 4.78 is 5.26. The summed E-state index contributed by atoms with van der Waals surface area (Å²) in [5.41, 5.74) is 0.284. The highest BCUT2D eigenvalue weighted by molar-refractivity contribution is 6.28. The summed E-state index contributed by atoms with van der Waals surface area (Å²) in [5, 5.41) is 6.42. The Balaban J connectivity index is 1.51. The van der Waals surface area contributed by atoms with Crippen LogP contribution in [-0.4, -0.2) is 33.7 Å². The quantitative estimate of drug-likeness (QED) is 0.637. The molecule has 1 aromatic heterocycles. The molecule has 2 N–H and O–H groups in total. The van der Waals surface area contributed by atoms with Crippen molar-refractivity contribution in [2.45, 2.75) is 64.1 Å². The topological polar surface area (TPSA) is 76.1 Å². The van der Waals surface area contributed by atoms with Gasteiger partial charge in [-0.05, 0) is 58.1 Å². The van der Waals surface area contributed by atoms with Crippen LogP contribution in [0.5, 0.6) is 0 Å². The predicted octanol–water partition coefficient (Wildman–Crippen LogP) is 3.36. The second kappa shape index (κ2) is 7.09. The molecular formula is C18H23ClN4O2. The van der Waals surface area contributed by atoms with E-state index < -0.39 is 5.60 Å². The van der Waals surface area contributed by atoms with Gasteiger partial charge in [-0.3, -0.25) is 0 Å². The maximum absolute atomic E-state index is 11.7. The average Bonchev–Trinajstić information content (AvgIpc) is 3.25. The smallest absolute Gasteiger partial charge is 0.407 e. The van der Waals surface area contributed by atoms with Crippen molar-refractivity contribution >= 4 is 23.5 Å². The summed E-state index contributed by atoms with van der Waals surface area (Å²) in [6.45, 7) is 5.55. The second-order valence-corrected chi connectivity index (χ2v) is 7.94. The standard InChI is InChI=1S/C18H23ClN4O2/c1-18(2,3)25-17(24)22-14-8-11(9-14)4-5-12-10-20-16(19)23-15(12)21-13-6-7-13/h10-11,13-14H,6-9H2,1-3H3,(H,22,24)(H,20,21,23). The van der Waals surface area contributed by atoms with Gasteiger partial charge in [0.05, 0.1) is 5.56 Å². The Morgan fingerprint density at radius 3 is 2.68 bits per heavy atom. The molecule has 0 saturated heterocycles. The molecule has 0 bridgehead atoms. The van der Waals surface area contributed by atoms with Crippen molar-refractivity contribution in [1.29, 1.82) is 0 Å². The van der Waals surface area contributed by atoms with Crippen molar-refractivity contribution in [1.82, 2.24) is 15.3 Å². The first-order valence-corrected chi connectivity index (χ1v) is 8.96. The van der Waals surface area contributed by atoms with E-state index in [0.29, 0.717) is 11.9 Å². The maximum Gasteiger partial charge on any atom is 0.407 e. The van der Waals surface area contributed by atoms with Gasteiger partial charge in [0.2, 0.25) is 5.28 Å². The normalized spacial score (nSPS) is 22.2. The van der Waals surface area contributed by atoms with Gasteiger partial charge in [-0.15, -0.1) is 0 Å². The SMILES string of the molecule is CC(C)(C)OC(=O)NC1CC(C#Cc2cnc(Cl)nc2NC2CC2)C1. The molecular weight excluding hydrogens is 340 g/mol. The van der Waals surface area contributed by atoms with Gasteiger partial charge in [0.1, 0.15) is 11.4 Å². The van der Waals surface area contributed by atoms with E-state index in [1.54, 1.807) is 6.20 Å². The highest BCUT2D eigenvalue weighted by Crippen LogP contribution is 2.28. The van der Waals surface area contributed by atoms with E-state index in [-0.39, 0.29) is 23.3 Å².